The number of nitrogen functional groups attached to an aromatic ring is 1. The van der Waals surface area contributed by atoms with Gasteiger partial charge in [-0.25, -0.2) is 4.98 Å². The molecule has 0 spiro atoms. The molecular weight excluding hydrogens is 272 g/mol. The van der Waals surface area contributed by atoms with Crippen molar-refractivity contribution in [3.8, 4) is 0 Å². The van der Waals surface area contributed by atoms with Gasteiger partial charge in [0, 0.05) is 19.4 Å². The van der Waals surface area contributed by atoms with Crippen LogP contribution in [0.2, 0.25) is 0 Å². The van der Waals surface area contributed by atoms with Gasteiger partial charge in [-0.05, 0) is 37.3 Å². The number of hydrogen-bond acceptors (Lipinski definition) is 3. The van der Waals surface area contributed by atoms with Crippen LogP contribution in [0.4, 0.5) is 5.82 Å². The molecular formula is C19H34N2O. The van der Waals surface area contributed by atoms with Crippen molar-refractivity contribution < 1.29 is 4.74 Å². The van der Waals surface area contributed by atoms with Crippen molar-refractivity contribution in [2.24, 2.45) is 0 Å². The first-order valence-electron chi connectivity index (χ1n) is 9.11. The largest absolute Gasteiger partial charge is 0.383 e. The van der Waals surface area contributed by atoms with Crippen LogP contribution < -0.4 is 5.73 Å². The van der Waals surface area contributed by atoms with Crippen molar-refractivity contribution >= 4 is 5.82 Å². The highest BCUT2D eigenvalue weighted by molar-refractivity contribution is 5.38. The molecule has 0 atom stereocenters. The maximum atomic E-state index is 5.84. The van der Waals surface area contributed by atoms with Crippen LogP contribution in [-0.4, -0.2) is 18.2 Å². The van der Waals surface area contributed by atoms with E-state index < -0.39 is 0 Å². The summed E-state index contributed by atoms with van der Waals surface area (Å²) >= 11 is 0. The highest BCUT2D eigenvalue weighted by Gasteiger charge is 1.99. The van der Waals surface area contributed by atoms with Gasteiger partial charge >= 0.3 is 0 Å². The molecule has 1 heterocycles. The summed E-state index contributed by atoms with van der Waals surface area (Å²) in [5.74, 6) is 0.693. The number of ether oxygens (including phenoxy) is 1. The van der Waals surface area contributed by atoms with Crippen molar-refractivity contribution in [3.63, 3.8) is 0 Å². The molecule has 126 valence electrons. The molecule has 1 aromatic heterocycles. The molecule has 0 amide bonds. The monoisotopic (exact) mass is 306 g/mol. The normalized spacial score (nSPS) is 11.0. The highest BCUT2D eigenvalue weighted by Crippen LogP contribution is 2.13. The molecule has 0 fully saturated rings. The first-order valence-corrected chi connectivity index (χ1v) is 9.11. The Bertz CT molecular complexity index is 368. The molecule has 0 aromatic carbocycles. The molecule has 0 aliphatic heterocycles. The van der Waals surface area contributed by atoms with Crippen LogP contribution in [-0.2, 0) is 11.2 Å². The fraction of sp³-hybridized carbons (Fsp3) is 0.737. The predicted molar refractivity (Wildman–Crippen MR) is 95.0 cm³/mol. The average molecular weight is 306 g/mol. The molecule has 2 N–H and O–H groups in total. The van der Waals surface area contributed by atoms with Crippen molar-refractivity contribution in [3.05, 3.63) is 23.9 Å². The summed E-state index contributed by atoms with van der Waals surface area (Å²) in [7, 11) is 0. The molecule has 1 aromatic rings. The Balaban J connectivity index is 1.81. The lowest BCUT2D eigenvalue weighted by atomic mass is 10.1. The zero-order valence-corrected chi connectivity index (χ0v) is 14.4. The third kappa shape index (κ3) is 9.78. The molecule has 0 saturated heterocycles. The molecule has 0 saturated carbocycles. The van der Waals surface area contributed by atoms with Gasteiger partial charge in [0.15, 0.2) is 0 Å². The molecule has 0 bridgehead atoms. The quantitative estimate of drug-likeness (QED) is 0.484. The van der Waals surface area contributed by atoms with Gasteiger partial charge in [-0.2, -0.15) is 0 Å². The van der Waals surface area contributed by atoms with E-state index in [1.807, 2.05) is 6.07 Å². The van der Waals surface area contributed by atoms with E-state index in [0.29, 0.717) is 5.82 Å². The van der Waals surface area contributed by atoms with Crippen LogP contribution in [0.3, 0.4) is 0 Å². The Kier molecular flexibility index (Phi) is 11.7. The predicted octanol–water partition coefficient (Wildman–Crippen LogP) is 5.14. The zero-order valence-electron chi connectivity index (χ0n) is 14.4. The number of unbranched alkanes of at least 4 members (excludes halogenated alkanes) is 8. The summed E-state index contributed by atoms with van der Waals surface area (Å²) in [5, 5.41) is 0. The van der Waals surface area contributed by atoms with Crippen LogP contribution in [0.15, 0.2) is 18.3 Å². The number of hydrogen-bond donors (Lipinski definition) is 1. The minimum absolute atomic E-state index is 0.693. The standard InChI is InChI=1S/C19H34N2O/c1-2-3-4-10-16-22-17-11-8-6-5-7-9-13-18-14-12-15-21-19(18)20/h12,14-15H,2-11,13,16-17H2,1H3,(H2,20,21). The lowest BCUT2D eigenvalue weighted by Gasteiger charge is -2.05. The van der Waals surface area contributed by atoms with Crippen molar-refractivity contribution in [2.45, 2.75) is 77.6 Å². The molecule has 0 radical (unpaired) electrons. The maximum absolute atomic E-state index is 5.84. The van der Waals surface area contributed by atoms with Gasteiger partial charge in [-0.1, -0.05) is 57.9 Å². The second kappa shape index (κ2) is 13.6. The summed E-state index contributed by atoms with van der Waals surface area (Å²) in [5.41, 5.74) is 7.04. The van der Waals surface area contributed by atoms with Crippen LogP contribution in [0.25, 0.3) is 0 Å². The lowest BCUT2D eigenvalue weighted by Crippen LogP contribution is -1.98. The first-order chi connectivity index (χ1) is 10.8. The Hall–Kier alpha value is -1.09. The smallest absolute Gasteiger partial charge is 0.126 e. The second-order valence-corrected chi connectivity index (χ2v) is 6.09. The summed E-state index contributed by atoms with van der Waals surface area (Å²) < 4.78 is 5.66. The van der Waals surface area contributed by atoms with E-state index >= 15 is 0 Å². The molecule has 3 heteroatoms. The van der Waals surface area contributed by atoms with Crippen LogP contribution in [0, 0.1) is 0 Å². The van der Waals surface area contributed by atoms with E-state index in [1.54, 1.807) is 6.20 Å². The van der Waals surface area contributed by atoms with E-state index in [2.05, 4.69) is 18.0 Å². The number of anilines is 1. The topological polar surface area (TPSA) is 48.1 Å². The molecule has 0 aliphatic carbocycles. The molecule has 0 aliphatic rings. The lowest BCUT2D eigenvalue weighted by molar-refractivity contribution is 0.125. The van der Waals surface area contributed by atoms with E-state index in [4.69, 9.17) is 10.5 Å². The van der Waals surface area contributed by atoms with Crippen molar-refractivity contribution in [1.29, 1.82) is 0 Å². The minimum atomic E-state index is 0.693. The van der Waals surface area contributed by atoms with Gasteiger partial charge in [-0.15, -0.1) is 0 Å². The van der Waals surface area contributed by atoms with E-state index in [0.717, 1.165) is 19.6 Å². The van der Waals surface area contributed by atoms with Gasteiger partial charge in [0.1, 0.15) is 5.82 Å². The Labute approximate surface area is 136 Å². The van der Waals surface area contributed by atoms with Crippen LogP contribution >= 0.6 is 0 Å². The number of nitrogens with two attached hydrogens (primary N) is 1. The van der Waals surface area contributed by atoms with Crippen LogP contribution in [0.5, 0.6) is 0 Å². The van der Waals surface area contributed by atoms with Gasteiger partial charge in [0.2, 0.25) is 0 Å². The second-order valence-electron chi connectivity index (χ2n) is 6.09. The molecule has 1 rings (SSSR count). The Morgan fingerprint density at radius 1 is 0.909 bits per heavy atom. The molecule has 3 nitrogen and oxygen atoms in total. The van der Waals surface area contributed by atoms with Crippen molar-refractivity contribution in [1.82, 2.24) is 4.98 Å². The van der Waals surface area contributed by atoms with Crippen molar-refractivity contribution in [2.75, 3.05) is 18.9 Å². The fourth-order valence-corrected chi connectivity index (χ4v) is 2.62. The van der Waals surface area contributed by atoms with Gasteiger partial charge in [0.25, 0.3) is 0 Å². The summed E-state index contributed by atoms with van der Waals surface area (Å²) in [6.45, 7) is 4.14. The summed E-state index contributed by atoms with van der Waals surface area (Å²) in [6.07, 6.45) is 15.6. The number of aryl methyl sites for hydroxylation is 1. The average Bonchev–Trinajstić information content (AvgIpc) is 2.53. The number of nitrogens with zero attached hydrogens (tertiary/aromatic N) is 1. The van der Waals surface area contributed by atoms with E-state index in [-0.39, 0.29) is 0 Å². The molecule has 0 unspecified atom stereocenters. The fourth-order valence-electron chi connectivity index (χ4n) is 2.62. The third-order valence-electron chi connectivity index (χ3n) is 4.05. The maximum Gasteiger partial charge on any atom is 0.126 e. The van der Waals surface area contributed by atoms with E-state index in [1.165, 1.54) is 69.8 Å². The van der Waals surface area contributed by atoms with Gasteiger partial charge < -0.3 is 10.5 Å². The SMILES string of the molecule is CCCCCCOCCCCCCCCc1cccnc1N. The van der Waals surface area contributed by atoms with Crippen LogP contribution in [0.1, 0.15) is 76.7 Å². The van der Waals surface area contributed by atoms with E-state index in [9.17, 15) is 0 Å². The highest BCUT2D eigenvalue weighted by atomic mass is 16.5. The van der Waals surface area contributed by atoms with Gasteiger partial charge in [0.05, 0.1) is 0 Å². The molecule has 22 heavy (non-hydrogen) atoms. The Morgan fingerprint density at radius 2 is 1.55 bits per heavy atom. The summed E-state index contributed by atoms with van der Waals surface area (Å²) in [4.78, 5) is 4.12. The Morgan fingerprint density at radius 3 is 2.23 bits per heavy atom. The number of aromatic nitrogens is 1. The van der Waals surface area contributed by atoms with Gasteiger partial charge in [-0.3, -0.25) is 0 Å². The first kappa shape index (κ1) is 19.0. The zero-order chi connectivity index (χ0) is 15.9. The number of rotatable bonds is 14. The number of pyridine rings is 1. The third-order valence-corrected chi connectivity index (χ3v) is 4.05. The summed E-state index contributed by atoms with van der Waals surface area (Å²) in [6, 6.07) is 4.05. The minimum Gasteiger partial charge on any atom is -0.383 e.